The quantitative estimate of drug-likeness (QED) is 0.838. The molecule has 1 aromatic heterocycles. The van der Waals surface area contributed by atoms with Crippen LogP contribution in [0.25, 0.3) is 0 Å². The van der Waals surface area contributed by atoms with Gasteiger partial charge in [-0.1, -0.05) is 0 Å². The lowest BCUT2D eigenvalue weighted by molar-refractivity contribution is 0.0994. The maximum Gasteiger partial charge on any atom is 0.315 e. The van der Waals surface area contributed by atoms with Crippen molar-refractivity contribution < 1.29 is 13.9 Å². The third-order valence-corrected chi connectivity index (χ3v) is 5.65. The molecular weight excluding hydrogens is 335 g/mol. The highest BCUT2D eigenvalue weighted by Crippen LogP contribution is 2.30. The van der Waals surface area contributed by atoms with Gasteiger partial charge in [-0.05, 0) is 58.8 Å². The SMILES string of the molecule is CC(NC(=O)N[C@@H]1CCO[C@H]1c1cnn(C(C)C)c1)C1CCC(F)CC1. The van der Waals surface area contributed by atoms with Crippen LogP contribution in [0.4, 0.5) is 9.18 Å². The molecule has 1 aromatic rings. The Morgan fingerprint density at radius 1 is 1.27 bits per heavy atom. The summed E-state index contributed by atoms with van der Waals surface area (Å²) in [5, 5.41) is 10.5. The smallest absolute Gasteiger partial charge is 0.315 e. The van der Waals surface area contributed by atoms with Crippen molar-refractivity contribution in [3.63, 3.8) is 0 Å². The van der Waals surface area contributed by atoms with E-state index in [0.29, 0.717) is 31.4 Å². The van der Waals surface area contributed by atoms with E-state index in [0.717, 1.165) is 24.8 Å². The maximum absolute atomic E-state index is 13.3. The van der Waals surface area contributed by atoms with E-state index in [1.165, 1.54) is 0 Å². The van der Waals surface area contributed by atoms with Gasteiger partial charge in [0.15, 0.2) is 0 Å². The van der Waals surface area contributed by atoms with Crippen LogP contribution < -0.4 is 10.6 Å². The van der Waals surface area contributed by atoms with Crippen LogP contribution in [0.2, 0.25) is 0 Å². The molecule has 2 N–H and O–H groups in total. The molecule has 7 heteroatoms. The lowest BCUT2D eigenvalue weighted by atomic mass is 9.84. The van der Waals surface area contributed by atoms with E-state index >= 15 is 0 Å². The van der Waals surface area contributed by atoms with Crippen molar-refractivity contribution in [3.05, 3.63) is 18.0 Å². The van der Waals surface area contributed by atoms with Gasteiger partial charge in [0.2, 0.25) is 0 Å². The number of ether oxygens (including phenoxy) is 1. The minimum absolute atomic E-state index is 0.0481. The van der Waals surface area contributed by atoms with Crippen molar-refractivity contribution in [2.75, 3.05) is 6.61 Å². The first-order chi connectivity index (χ1) is 12.4. The Morgan fingerprint density at radius 2 is 2.00 bits per heavy atom. The van der Waals surface area contributed by atoms with Crippen LogP contribution in [0.15, 0.2) is 12.4 Å². The van der Waals surface area contributed by atoms with Crippen LogP contribution in [0.3, 0.4) is 0 Å². The Bertz CT molecular complexity index is 598. The fourth-order valence-electron chi connectivity index (χ4n) is 3.96. The van der Waals surface area contributed by atoms with Crippen LogP contribution in [0, 0.1) is 5.92 Å². The fraction of sp³-hybridized carbons (Fsp3) is 0.789. The van der Waals surface area contributed by atoms with Crippen LogP contribution in [0.1, 0.15) is 70.6 Å². The van der Waals surface area contributed by atoms with Gasteiger partial charge in [0.25, 0.3) is 0 Å². The van der Waals surface area contributed by atoms with Gasteiger partial charge in [-0.3, -0.25) is 4.68 Å². The first-order valence-corrected chi connectivity index (χ1v) is 9.80. The molecule has 2 amide bonds. The van der Waals surface area contributed by atoms with Gasteiger partial charge in [0, 0.05) is 30.5 Å². The van der Waals surface area contributed by atoms with Crippen LogP contribution in [0.5, 0.6) is 0 Å². The van der Waals surface area contributed by atoms with Gasteiger partial charge in [0.05, 0.1) is 12.2 Å². The number of aromatic nitrogens is 2. The number of rotatable bonds is 5. The van der Waals surface area contributed by atoms with Gasteiger partial charge in [-0.25, -0.2) is 9.18 Å². The maximum atomic E-state index is 13.3. The summed E-state index contributed by atoms with van der Waals surface area (Å²) < 4.78 is 21.0. The Hall–Kier alpha value is -1.63. The third kappa shape index (κ3) is 4.55. The second-order valence-electron chi connectivity index (χ2n) is 7.95. The average Bonchev–Trinajstić information content (AvgIpc) is 3.24. The van der Waals surface area contributed by atoms with Crippen LogP contribution in [-0.4, -0.2) is 40.7 Å². The van der Waals surface area contributed by atoms with Crippen molar-refractivity contribution in [2.24, 2.45) is 5.92 Å². The van der Waals surface area contributed by atoms with Crippen molar-refractivity contribution in [2.45, 2.75) is 83.3 Å². The van der Waals surface area contributed by atoms with Gasteiger partial charge in [-0.15, -0.1) is 0 Å². The number of hydrogen-bond acceptors (Lipinski definition) is 3. The predicted molar refractivity (Wildman–Crippen MR) is 97.7 cm³/mol. The Morgan fingerprint density at radius 3 is 2.65 bits per heavy atom. The predicted octanol–water partition coefficient (Wildman–Crippen LogP) is 3.51. The van der Waals surface area contributed by atoms with Crippen molar-refractivity contribution in [3.8, 4) is 0 Å². The molecular formula is C19H31FN4O2. The fourth-order valence-corrected chi connectivity index (χ4v) is 3.96. The molecule has 1 aliphatic carbocycles. The summed E-state index contributed by atoms with van der Waals surface area (Å²) in [5.74, 6) is 0.354. The second kappa shape index (κ2) is 8.37. The molecule has 3 rings (SSSR count). The van der Waals surface area contributed by atoms with E-state index in [2.05, 4.69) is 29.6 Å². The average molecular weight is 366 g/mol. The summed E-state index contributed by atoms with van der Waals surface area (Å²) in [4.78, 5) is 12.4. The van der Waals surface area contributed by atoms with E-state index in [4.69, 9.17) is 4.74 Å². The van der Waals surface area contributed by atoms with Crippen molar-refractivity contribution in [1.29, 1.82) is 0 Å². The number of nitrogens with zero attached hydrogens (tertiary/aromatic N) is 2. The number of halogens is 1. The number of amides is 2. The summed E-state index contributed by atoms with van der Waals surface area (Å²) in [5.41, 5.74) is 0.996. The summed E-state index contributed by atoms with van der Waals surface area (Å²) in [6.45, 7) is 6.79. The number of urea groups is 1. The zero-order valence-electron chi connectivity index (χ0n) is 16.0. The summed E-state index contributed by atoms with van der Waals surface area (Å²) in [7, 11) is 0. The summed E-state index contributed by atoms with van der Waals surface area (Å²) >= 11 is 0. The molecule has 26 heavy (non-hydrogen) atoms. The molecule has 0 spiro atoms. The second-order valence-corrected chi connectivity index (χ2v) is 7.95. The summed E-state index contributed by atoms with van der Waals surface area (Å²) in [6, 6.07) is 0.109. The van der Waals surface area contributed by atoms with Crippen LogP contribution in [-0.2, 0) is 4.74 Å². The molecule has 0 aromatic carbocycles. The largest absolute Gasteiger partial charge is 0.371 e. The zero-order chi connectivity index (χ0) is 18.7. The van der Waals surface area contributed by atoms with Gasteiger partial charge < -0.3 is 15.4 Å². The standard InChI is InChI=1S/C19H31FN4O2/c1-12(2)24-11-15(10-21-24)18-17(8-9-26-18)23-19(25)22-13(3)14-4-6-16(20)7-5-14/h10-14,16-18H,4-9H2,1-3H3,(H2,22,23,25)/t13?,14?,16?,17-,18+/m1/s1. The first-order valence-electron chi connectivity index (χ1n) is 9.80. The minimum Gasteiger partial charge on any atom is -0.371 e. The molecule has 1 unspecified atom stereocenters. The highest BCUT2D eigenvalue weighted by Gasteiger charge is 2.33. The monoisotopic (exact) mass is 366 g/mol. The number of alkyl halides is 1. The van der Waals surface area contributed by atoms with Gasteiger partial charge >= 0.3 is 6.03 Å². The highest BCUT2D eigenvalue weighted by atomic mass is 19.1. The molecule has 146 valence electrons. The Kier molecular flexibility index (Phi) is 6.16. The van der Waals surface area contributed by atoms with Gasteiger partial charge in [0.1, 0.15) is 12.3 Å². The third-order valence-electron chi connectivity index (χ3n) is 5.65. The highest BCUT2D eigenvalue weighted by molar-refractivity contribution is 5.74. The van der Waals surface area contributed by atoms with E-state index in [1.54, 1.807) is 0 Å². The molecule has 2 heterocycles. The number of carbonyl (C=O) groups is 1. The van der Waals surface area contributed by atoms with Gasteiger partial charge in [-0.2, -0.15) is 5.10 Å². The molecule has 3 atom stereocenters. The zero-order valence-corrected chi connectivity index (χ0v) is 16.0. The molecule has 0 bridgehead atoms. The molecule has 1 aliphatic heterocycles. The lowest BCUT2D eigenvalue weighted by Crippen LogP contribution is -2.48. The number of carbonyl (C=O) groups excluding carboxylic acids is 1. The summed E-state index contributed by atoms with van der Waals surface area (Å²) in [6.07, 6.45) is 6.66. The topological polar surface area (TPSA) is 68.2 Å². The molecule has 1 saturated carbocycles. The van der Waals surface area contributed by atoms with E-state index in [-0.39, 0.29) is 24.2 Å². The number of hydrogen-bond donors (Lipinski definition) is 2. The molecule has 0 radical (unpaired) electrons. The van der Waals surface area contributed by atoms with E-state index in [9.17, 15) is 9.18 Å². The lowest BCUT2D eigenvalue weighted by Gasteiger charge is -2.30. The Labute approximate surface area is 154 Å². The number of nitrogens with one attached hydrogen (secondary N) is 2. The van der Waals surface area contributed by atoms with E-state index < -0.39 is 6.17 Å². The molecule has 1 saturated heterocycles. The molecule has 6 nitrogen and oxygen atoms in total. The minimum atomic E-state index is -0.671. The van der Waals surface area contributed by atoms with Crippen molar-refractivity contribution in [1.82, 2.24) is 20.4 Å². The van der Waals surface area contributed by atoms with Crippen LogP contribution >= 0.6 is 0 Å². The normalized spacial score (nSPS) is 30.3. The van der Waals surface area contributed by atoms with E-state index in [1.807, 2.05) is 24.0 Å². The first kappa shape index (κ1) is 19.1. The molecule has 2 fully saturated rings. The molecule has 2 aliphatic rings. The Balaban J connectivity index is 1.52. The van der Waals surface area contributed by atoms with Crippen molar-refractivity contribution >= 4 is 6.03 Å².